The lowest BCUT2D eigenvalue weighted by atomic mass is 10.1. The zero-order valence-electron chi connectivity index (χ0n) is 12.2. The molecule has 1 aromatic carbocycles. The van der Waals surface area contributed by atoms with Gasteiger partial charge in [0.15, 0.2) is 11.8 Å². The van der Waals surface area contributed by atoms with Gasteiger partial charge in [-0.05, 0) is 32.4 Å². The molecule has 1 rings (SSSR count). The third-order valence-corrected chi connectivity index (χ3v) is 2.44. The molecule has 1 aromatic rings. The van der Waals surface area contributed by atoms with Gasteiger partial charge in [-0.15, -0.1) is 0 Å². The number of phenols is 1. The number of aromatic hydroxyl groups is 1. The lowest BCUT2D eigenvalue weighted by Crippen LogP contribution is -2.38. The van der Waals surface area contributed by atoms with Crippen LogP contribution in [0.3, 0.4) is 0 Å². The molecule has 0 heterocycles. The van der Waals surface area contributed by atoms with Crippen LogP contribution >= 0.6 is 0 Å². The maximum Gasteiger partial charge on any atom is 0.408 e. The number of carboxylic acid groups (broad SMARTS) is 1. The van der Waals surface area contributed by atoms with Gasteiger partial charge < -0.3 is 20.3 Å². The normalized spacial score (nSPS) is 12.3. The van der Waals surface area contributed by atoms with Crippen molar-refractivity contribution in [3.05, 3.63) is 33.9 Å². The molecule has 22 heavy (non-hydrogen) atoms. The van der Waals surface area contributed by atoms with E-state index in [0.717, 1.165) is 12.1 Å². The Hall–Kier alpha value is -2.84. The first-order valence-corrected chi connectivity index (χ1v) is 6.21. The monoisotopic (exact) mass is 312 g/mol. The van der Waals surface area contributed by atoms with Crippen LogP contribution in [0.2, 0.25) is 0 Å². The van der Waals surface area contributed by atoms with Crippen LogP contribution in [0.4, 0.5) is 10.5 Å². The largest absolute Gasteiger partial charge is 0.502 e. The van der Waals surface area contributed by atoms with Crippen molar-refractivity contribution in [1.82, 2.24) is 5.32 Å². The third kappa shape index (κ3) is 4.62. The van der Waals surface area contributed by atoms with Crippen LogP contribution in [0.15, 0.2) is 18.2 Å². The number of phenolic OH excluding ortho intramolecular Hbond substituents is 1. The standard InChI is InChI=1S/C13H16N2O7/c1-13(2,3)22-12(19)14-10(11(17)18)7-4-5-9(16)8(6-7)15(20)21/h4-6,10,16H,1-3H3,(H,14,19)(H,17,18). The Labute approximate surface area is 125 Å². The number of nitro benzene ring substituents is 1. The number of benzene rings is 1. The molecular weight excluding hydrogens is 296 g/mol. The first-order valence-electron chi connectivity index (χ1n) is 6.21. The summed E-state index contributed by atoms with van der Waals surface area (Å²) in [6.07, 6.45) is -0.976. The summed E-state index contributed by atoms with van der Waals surface area (Å²) in [4.78, 5) is 32.8. The van der Waals surface area contributed by atoms with Gasteiger partial charge in [0, 0.05) is 6.07 Å². The number of rotatable bonds is 4. The number of alkyl carbamates (subject to hydrolysis) is 1. The summed E-state index contributed by atoms with van der Waals surface area (Å²) in [5, 5.41) is 31.4. The Morgan fingerprint density at radius 1 is 1.36 bits per heavy atom. The lowest BCUT2D eigenvalue weighted by Gasteiger charge is -2.22. The first-order chi connectivity index (χ1) is 10.0. The number of hydrogen-bond acceptors (Lipinski definition) is 6. The highest BCUT2D eigenvalue weighted by molar-refractivity contribution is 5.81. The van der Waals surface area contributed by atoms with Gasteiger partial charge in [-0.1, -0.05) is 6.07 Å². The molecule has 1 unspecified atom stereocenters. The zero-order chi connectivity index (χ0) is 17.1. The van der Waals surface area contributed by atoms with E-state index in [0.29, 0.717) is 0 Å². The second-order valence-corrected chi connectivity index (χ2v) is 5.42. The summed E-state index contributed by atoms with van der Waals surface area (Å²) in [7, 11) is 0. The first kappa shape index (κ1) is 17.2. The van der Waals surface area contributed by atoms with Crippen molar-refractivity contribution in [1.29, 1.82) is 0 Å². The maximum absolute atomic E-state index is 11.7. The molecule has 0 aromatic heterocycles. The molecule has 0 aliphatic carbocycles. The molecule has 3 N–H and O–H groups in total. The van der Waals surface area contributed by atoms with E-state index in [2.05, 4.69) is 5.32 Å². The van der Waals surface area contributed by atoms with Gasteiger partial charge in [-0.3, -0.25) is 10.1 Å². The SMILES string of the molecule is CC(C)(C)OC(=O)NC(C(=O)O)c1ccc(O)c([N+](=O)[O-])c1. The van der Waals surface area contributed by atoms with E-state index in [-0.39, 0.29) is 5.56 Å². The summed E-state index contributed by atoms with van der Waals surface area (Å²) >= 11 is 0. The molecule has 0 saturated carbocycles. The van der Waals surface area contributed by atoms with E-state index < -0.39 is 40.1 Å². The molecule has 1 atom stereocenters. The van der Waals surface area contributed by atoms with Gasteiger partial charge in [0.2, 0.25) is 0 Å². The Bertz CT molecular complexity index is 607. The van der Waals surface area contributed by atoms with E-state index >= 15 is 0 Å². The minimum Gasteiger partial charge on any atom is -0.502 e. The average molecular weight is 312 g/mol. The number of carboxylic acids is 1. The summed E-state index contributed by atoms with van der Waals surface area (Å²) in [6, 6.07) is 1.48. The van der Waals surface area contributed by atoms with Gasteiger partial charge in [0.1, 0.15) is 5.60 Å². The molecule has 0 fully saturated rings. The summed E-state index contributed by atoms with van der Waals surface area (Å²) in [6.45, 7) is 4.81. The van der Waals surface area contributed by atoms with E-state index in [1.165, 1.54) is 6.07 Å². The molecular formula is C13H16N2O7. The number of ether oxygens (including phenoxy) is 1. The number of carbonyl (C=O) groups excluding carboxylic acids is 1. The molecule has 0 aliphatic heterocycles. The van der Waals surface area contributed by atoms with Crippen molar-refractivity contribution in [2.45, 2.75) is 32.4 Å². The lowest BCUT2D eigenvalue weighted by molar-refractivity contribution is -0.385. The summed E-state index contributed by atoms with van der Waals surface area (Å²) in [5.41, 5.74) is -1.55. The van der Waals surface area contributed by atoms with Gasteiger partial charge >= 0.3 is 17.7 Å². The van der Waals surface area contributed by atoms with Crippen LogP contribution in [-0.2, 0) is 9.53 Å². The molecule has 0 spiro atoms. The molecule has 0 aliphatic rings. The van der Waals surface area contributed by atoms with Crippen molar-refractivity contribution in [3.8, 4) is 5.75 Å². The van der Waals surface area contributed by atoms with Crippen molar-refractivity contribution >= 4 is 17.7 Å². The van der Waals surface area contributed by atoms with Crippen LogP contribution in [0.5, 0.6) is 5.75 Å². The predicted molar refractivity (Wildman–Crippen MR) is 74.5 cm³/mol. The summed E-state index contributed by atoms with van der Waals surface area (Å²) < 4.78 is 4.94. The fourth-order valence-electron chi connectivity index (χ4n) is 1.58. The Morgan fingerprint density at radius 3 is 2.41 bits per heavy atom. The number of carbonyl (C=O) groups is 2. The number of nitrogens with one attached hydrogen (secondary N) is 1. The molecule has 0 radical (unpaired) electrons. The van der Waals surface area contributed by atoms with Crippen LogP contribution in [-0.4, -0.2) is 32.8 Å². The minimum atomic E-state index is -1.55. The Morgan fingerprint density at radius 2 is 1.95 bits per heavy atom. The molecule has 120 valence electrons. The number of nitrogens with zero attached hydrogens (tertiary/aromatic N) is 1. The molecule has 0 bridgehead atoms. The number of amides is 1. The smallest absolute Gasteiger partial charge is 0.408 e. The minimum absolute atomic E-state index is 0.0668. The van der Waals surface area contributed by atoms with Gasteiger partial charge in [0.25, 0.3) is 0 Å². The Kier molecular flexibility index (Phi) is 4.92. The highest BCUT2D eigenvalue weighted by Gasteiger charge is 2.27. The maximum atomic E-state index is 11.7. The molecule has 0 saturated heterocycles. The summed E-state index contributed by atoms with van der Waals surface area (Å²) in [5.74, 6) is -2.03. The number of nitro groups is 1. The highest BCUT2D eigenvalue weighted by Crippen LogP contribution is 2.29. The molecule has 9 heteroatoms. The molecule has 1 amide bonds. The quantitative estimate of drug-likeness (QED) is 0.570. The highest BCUT2D eigenvalue weighted by atomic mass is 16.6. The van der Waals surface area contributed by atoms with Crippen molar-refractivity contribution in [3.63, 3.8) is 0 Å². The van der Waals surface area contributed by atoms with Crippen LogP contribution in [0.25, 0.3) is 0 Å². The van der Waals surface area contributed by atoms with Crippen LogP contribution < -0.4 is 5.32 Å². The Balaban J connectivity index is 3.07. The van der Waals surface area contributed by atoms with Crippen LogP contribution in [0.1, 0.15) is 32.4 Å². The predicted octanol–water partition coefficient (Wildman–Crippen LogP) is 1.95. The van der Waals surface area contributed by atoms with Crippen molar-refractivity contribution < 1.29 is 29.5 Å². The number of hydrogen-bond donors (Lipinski definition) is 3. The van der Waals surface area contributed by atoms with E-state index in [4.69, 9.17) is 4.74 Å². The second kappa shape index (κ2) is 6.29. The average Bonchev–Trinajstić information content (AvgIpc) is 2.34. The third-order valence-electron chi connectivity index (χ3n) is 2.44. The second-order valence-electron chi connectivity index (χ2n) is 5.42. The van der Waals surface area contributed by atoms with Crippen molar-refractivity contribution in [2.75, 3.05) is 0 Å². The fraction of sp³-hybridized carbons (Fsp3) is 0.385. The van der Waals surface area contributed by atoms with E-state index in [1.807, 2.05) is 0 Å². The van der Waals surface area contributed by atoms with Crippen LogP contribution in [0, 0.1) is 10.1 Å². The van der Waals surface area contributed by atoms with Gasteiger partial charge in [-0.25, -0.2) is 9.59 Å². The number of aliphatic carboxylic acids is 1. The topological polar surface area (TPSA) is 139 Å². The van der Waals surface area contributed by atoms with Gasteiger partial charge in [-0.2, -0.15) is 0 Å². The van der Waals surface area contributed by atoms with E-state index in [1.54, 1.807) is 20.8 Å². The molecule has 9 nitrogen and oxygen atoms in total. The van der Waals surface area contributed by atoms with Gasteiger partial charge in [0.05, 0.1) is 4.92 Å². The van der Waals surface area contributed by atoms with E-state index in [9.17, 15) is 29.9 Å². The zero-order valence-corrected chi connectivity index (χ0v) is 12.2. The fourth-order valence-corrected chi connectivity index (χ4v) is 1.58. The van der Waals surface area contributed by atoms with Crippen molar-refractivity contribution in [2.24, 2.45) is 0 Å².